The van der Waals surface area contributed by atoms with Crippen LogP contribution in [-0.2, 0) is 4.74 Å². The van der Waals surface area contributed by atoms with Gasteiger partial charge < -0.3 is 29.5 Å². The van der Waals surface area contributed by atoms with E-state index in [1.54, 1.807) is 37.3 Å². The van der Waals surface area contributed by atoms with Crippen molar-refractivity contribution >= 4 is 17.5 Å². The van der Waals surface area contributed by atoms with Crippen LogP contribution in [0.4, 0.5) is 5.69 Å². The number of ether oxygens (including phenoxy) is 2. The molecule has 0 radical (unpaired) electrons. The van der Waals surface area contributed by atoms with Crippen molar-refractivity contribution in [2.24, 2.45) is 5.92 Å². The number of carbonyl (C=O) groups excluding carboxylic acids is 2. The van der Waals surface area contributed by atoms with Crippen LogP contribution in [0.25, 0.3) is 0 Å². The van der Waals surface area contributed by atoms with E-state index in [1.807, 2.05) is 6.92 Å². The first-order valence-corrected chi connectivity index (χ1v) is 9.89. The predicted molar refractivity (Wildman–Crippen MR) is 111 cm³/mol. The number of carbonyl (C=O) groups is 2. The lowest BCUT2D eigenvalue weighted by Gasteiger charge is -2.30. The van der Waals surface area contributed by atoms with E-state index in [-0.39, 0.29) is 29.7 Å². The van der Waals surface area contributed by atoms with Gasteiger partial charge in [0.25, 0.3) is 11.8 Å². The van der Waals surface area contributed by atoms with Crippen LogP contribution in [-0.4, -0.2) is 67.9 Å². The van der Waals surface area contributed by atoms with Gasteiger partial charge in [0.05, 0.1) is 17.9 Å². The number of nitrogens with zero attached hydrogens (tertiary/aromatic N) is 2. The topological polar surface area (TPSA) is 106 Å². The third-order valence-corrected chi connectivity index (χ3v) is 5.14. The minimum Gasteiger partial charge on any atom is -0.491 e. The molecule has 9 nitrogen and oxygen atoms in total. The van der Waals surface area contributed by atoms with Crippen LogP contribution in [0.3, 0.4) is 0 Å². The Balaban J connectivity index is 1.88. The fraction of sp³-hybridized carbons (Fsp3) is 0.476. The van der Waals surface area contributed by atoms with E-state index in [0.29, 0.717) is 30.2 Å². The Kier molecular flexibility index (Phi) is 7.07. The number of hydrogen-bond acceptors (Lipinski definition) is 7. The number of rotatable bonds is 3. The van der Waals surface area contributed by atoms with Gasteiger partial charge in [-0.2, -0.15) is 0 Å². The summed E-state index contributed by atoms with van der Waals surface area (Å²) < 4.78 is 16.4. The van der Waals surface area contributed by atoms with E-state index in [2.05, 4.69) is 22.7 Å². The summed E-state index contributed by atoms with van der Waals surface area (Å²) >= 11 is 0. The molecule has 0 fully saturated rings. The first-order chi connectivity index (χ1) is 14.4. The number of benzene rings is 1. The van der Waals surface area contributed by atoms with Gasteiger partial charge in [-0.15, -0.1) is 0 Å². The lowest BCUT2D eigenvalue weighted by Crippen LogP contribution is -2.44. The standard InChI is InChI=1S/C21H28N4O5/c1-13-10-22-14(2)12-29-17-6-5-15(24-20(26)18-7-8-23-30-18)9-16(17)21(27)25(3)11-19(13)28-4/h5-9,13-14,19,22H,10-12H2,1-4H3,(H,24,26)/t13-,14-,19-/m0/s1. The Morgan fingerprint density at radius 1 is 1.33 bits per heavy atom. The minimum atomic E-state index is -0.451. The molecule has 162 valence electrons. The van der Waals surface area contributed by atoms with Gasteiger partial charge in [0.1, 0.15) is 12.4 Å². The molecular formula is C21H28N4O5. The molecule has 0 bridgehead atoms. The van der Waals surface area contributed by atoms with E-state index in [1.165, 1.54) is 12.3 Å². The SMILES string of the molecule is CO[C@H]1CN(C)C(=O)c2cc(NC(=O)c3ccno3)ccc2OC[C@H](C)NC[C@@H]1C. The summed E-state index contributed by atoms with van der Waals surface area (Å²) in [6, 6.07) is 6.54. The lowest BCUT2D eigenvalue weighted by atomic mass is 10.0. The molecule has 2 heterocycles. The summed E-state index contributed by atoms with van der Waals surface area (Å²) in [6.45, 7) is 5.70. The lowest BCUT2D eigenvalue weighted by molar-refractivity contribution is 0.0281. The summed E-state index contributed by atoms with van der Waals surface area (Å²) in [5.41, 5.74) is 0.818. The maximum atomic E-state index is 13.2. The summed E-state index contributed by atoms with van der Waals surface area (Å²) in [4.78, 5) is 27.1. The van der Waals surface area contributed by atoms with Gasteiger partial charge in [0.15, 0.2) is 0 Å². The maximum absolute atomic E-state index is 13.2. The summed E-state index contributed by atoms with van der Waals surface area (Å²) in [6.07, 6.45) is 1.28. The average molecular weight is 416 g/mol. The van der Waals surface area contributed by atoms with Gasteiger partial charge in [-0.3, -0.25) is 9.59 Å². The zero-order valence-electron chi connectivity index (χ0n) is 17.7. The van der Waals surface area contributed by atoms with Crippen LogP contribution in [0, 0.1) is 5.92 Å². The Labute approximate surface area is 175 Å². The predicted octanol–water partition coefficient (Wildman–Crippen LogP) is 2.02. The van der Waals surface area contributed by atoms with Crippen LogP contribution >= 0.6 is 0 Å². The molecule has 3 rings (SSSR count). The highest BCUT2D eigenvalue weighted by atomic mass is 16.5. The van der Waals surface area contributed by atoms with E-state index in [0.717, 1.165) is 6.54 Å². The summed E-state index contributed by atoms with van der Waals surface area (Å²) in [7, 11) is 3.38. The Bertz CT molecular complexity index is 870. The average Bonchev–Trinajstić information content (AvgIpc) is 3.28. The number of likely N-dealkylation sites (N-methyl/N-ethyl adjacent to an activating group) is 1. The van der Waals surface area contributed by atoms with Crippen molar-refractivity contribution in [3.63, 3.8) is 0 Å². The number of fused-ring (bicyclic) bond motifs is 1. The second-order valence-electron chi connectivity index (χ2n) is 7.60. The van der Waals surface area contributed by atoms with Gasteiger partial charge in [-0.25, -0.2) is 0 Å². The molecule has 1 aromatic heterocycles. The number of anilines is 1. The quantitative estimate of drug-likeness (QED) is 0.788. The highest BCUT2D eigenvalue weighted by molar-refractivity contribution is 6.04. The Hall–Kier alpha value is -2.91. The third-order valence-electron chi connectivity index (χ3n) is 5.14. The number of nitrogens with one attached hydrogen (secondary N) is 2. The third kappa shape index (κ3) is 5.17. The second kappa shape index (κ2) is 9.73. The Morgan fingerprint density at radius 2 is 2.13 bits per heavy atom. The molecule has 1 aliphatic heterocycles. The minimum absolute atomic E-state index is 0.0827. The smallest absolute Gasteiger partial charge is 0.294 e. The van der Waals surface area contributed by atoms with Crippen molar-refractivity contribution in [2.75, 3.05) is 39.2 Å². The molecule has 3 atom stereocenters. The summed E-state index contributed by atoms with van der Waals surface area (Å²) in [5.74, 6) is 0.0868. The molecule has 2 aromatic rings. The zero-order valence-corrected chi connectivity index (χ0v) is 17.7. The van der Waals surface area contributed by atoms with Gasteiger partial charge in [-0.1, -0.05) is 12.1 Å². The van der Waals surface area contributed by atoms with E-state index < -0.39 is 5.91 Å². The number of methoxy groups -OCH3 is 1. The van der Waals surface area contributed by atoms with Gasteiger partial charge >= 0.3 is 0 Å². The van der Waals surface area contributed by atoms with E-state index in [9.17, 15) is 9.59 Å². The normalized spacial score (nSPS) is 23.0. The van der Waals surface area contributed by atoms with Crippen molar-refractivity contribution in [1.29, 1.82) is 0 Å². The molecule has 30 heavy (non-hydrogen) atoms. The fourth-order valence-electron chi connectivity index (χ4n) is 3.26. The monoisotopic (exact) mass is 416 g/mol. The first kappa shape index (κ1) is 21.8. The number of hydrogen-bond donors (Lipinski definition) is 2. The molecule has 0 aliphatic carbocycles. The van der Waals surface area contributed by atoms with Crippen molar-refractivity contribution in [3.05, 3.63) is 41.8 Å². The molecule has 1 aliphatic rings. The second-order valence-corrected chi connectivity index (χ2v) is 7.60. The van der Waals surface area contributed by atoms with Crippen LogP contribution in [0.15, 0.2) is 35.0 Å². The molecule has 0 spiro atoms. The first-order valence-electron chi connectivity index (χ1n) is 9.89. The zero-order chi connectivity index (χ0) is 21.7. The van der Waals surface area contributed by atoms with Gasteiger partial charge in [-0.05, 0) is 31.0 Å². The van der Waals surface area contributed by atoms with Crippen molar-refractivity contribution < 1.29 is 23.6 Å². The van der Waals surface area contributed by atoms with Crippen molar-refractivity contribution in [1.82, 2.24) is 15.4 Å². The largest absolute Gasteiger partial charge is 0.491 e. The van der Waals surface area contributed by atoms with Crippen LogP contribution in [0.2, 0.25) is 0 Å². The number of aromatic nitrogens is 1. The highest BCUT2D eigenvalue weighted by Crippen LogP contribution is 2.26. The van der Waals surface area contributed by atoms with Crippen molar-refractivity contribution in [2.45, 2.75) is 26.0 Å². The van der Waals surface area contributed by atoms with Crippen LogP contribution < -0.4 is 15.4 Å². The molecule has 0 unspecified atom stereocenters. The Morgan fingerprint density at radius 3 is 2.83 bits per heavy atom. The fourth-order valence-corrected chi connectivity index (χ4v) is 3.26. The van der Waals surface area contributed by atoms with E-state index in [4.69, 9.17) is 14.0 Å². The highest BCUT2D eigenvalue weighted by Gasteiger charge is 2.25. The summed E-state index contributed by atoms with van der Waals surface area (Å²) in [5, 5.41) is 9.69. The van der Waals surface area contributed by atoms with E-state index >= 15 is 0 Å². The molecule has 0 saturated heterocycles. The molecule has 9 heteroatoms. The van der Waals surface area contributed by atoms with Crippen molar-refractivity contribution in [3.8, 4) is 5.75 Å². The molecule has 0 saturated carbocycles. The van der Waals surface area contributed by atoms with Gasteiger partial charge in [0, 0.05) is 45.0 Å². The maximum Gasteiger partial charge on any atom is 0.294 e. The molecule has 1 aromatic carbocycles. The number of amides is 2. The van der Waals surface area contributed by atoms with Crippen LogP contribution in [0.1, 0.15) is 34.8 Å². The molecular weight excluding hydrogens is 388 g/mol. The molecule has 2 amide bonds. The van der Waals surface area contributed by atoms with Gasteiger partial charge in [0.2, 0.25) is 5.76 Å². The van der Waals surface area contributed by atoms with Crippen LogP contribution in [0.5, 0.6) is 5.75 Å². The molecule has 2 N–H and O–H groups in total.